The Bertz CT molecular complexity index is 985. The molecule has 1 aromatic carbocycles. The summed E-state index contributed by atoms with van der Waals surface area (Å²) in [4.78, 5) is 23.0. The molecule has 3 aromatic rings. The Morgan fingerprint density at radius 1 is 1.11 bits per heavy atom. The lowest BCUT2D eigenvalue weighted by Gasteiger charge is -2.39. The summed E-state index contributed by atoms with van der Waals surface area (Å²) in [6, 6.07) is 9.07. The fourth-order valence-corrected chi connectivity index (χ4v) is 3.09. The number of nitrogens with one attached hydrogen (secondary N) is 1. The molecule has 27 heavy (non-hydrogen) atoms. The third-order valence-electron chi connectivity index (χ3n) is 4.59. The highest BCUT2D eigenvalue weighted by Crippen LogP contribution is 2.34. The van der Waals surface area contributed by atoms with Crippen LogP contribution in [-0.2, 0) is 4.79 Å². The van der Waals surface area contributed by atoms with Gasteiger partial charge < -0.3 is 19.7 Å². The maximum atomic E-state index is 12.5. The Morgan fingerprint density at radius 3 is 2.81 bits per heavy atom. The zero-order valence-electron chi connectivity index (χ0n) is 14.3. The van der Waals surface area contributed by atoms with Gasteiger partial charge in [0.2, 0.25) is 12.7 Å². The van der Waals surface area contributed by atoms with Crippen LogP contribution in [0.15, 0.2) is 49.1 Å². The standard InChI is InChI=1S/C18H16N6O3/c25-18(22-13-2-3-14-15(6-13)27-11-26-14)12-8-23(9-12)16-7-17(20-10-19-16)24-5-1-4-21-24/h1-7,10,12H,8-9,11H2,(H,22,25). The first-order valence-electron chi connectivity index (χ1n) is 8.54. The molecule has 9 nitrogen and oxygen atoms in total. The molecule has 4 heterocycles. The topological polar surface area (TPSA) is 94.4 Å². The quantitative estimate of drug-likeness (QED) is 0.749. The molecule has 0 radical (unpaired) electrons. The molecule has 0 saturated carbocycles. The van der Waals surface area contributed by atoms with E-state index in [1.807, 2.05) is 29.3 Å². The van der Waals surface area contributed by atoms with Crippen molar-refractivity contribution in [2.24, 2.45) is 5.92 Å². The van der Waals surface area contributed by atoms with E-state index in [4.69, 9.17) is 9.47 Å². The minimum atomic E-state index is -0.0986. The molecule has 1 fully saturated rings. The first kappa shape index (κ1) is 15.6. The molecule has 0 unspecified atom stereocenters. The molecule has 136 valence electrons. The number of benzene rings is 1. The number of amides is 1. The number of hydrogen-bond donors (Lipinski definition) is 1. The van der Waals surface area contributed by atoms with Crippen LogP contribution in [0.1, 0.15) is 0 Å². The Hall–Kier alpha value is -3.62. The molecule has 5 rings (SSSR count). The maximum absolute atomic E-state index is 12.5. The second-order valence-electron chi connectivity index (χ2n) is 6.34. The van der Waals surface area contributed by atoms with Crippen LogP contribution in [0.5, 0.6) is 11.5 Å². The molecule has 2 aliphatic heterocycles. The van der Waals surface area contributed by atoms with Crippen molar-refractivity contribution in [2.75, 3.05) is 30.1 Å². The number of ether oxygens (including phenoxy) is 2. The Kier molecular flexibility index (Phi) is 3.63. The van der Waals surface area contributed by atoms with E-state index in [9.17, 15) is 4.79 Å². The van der Waals surface area contributed by atoms with E-state index < -0.39 is 0 Å². The van der Waals surface area contributed by atoms with Gasteiger partial charge in [-0.3, -0.25) is 4.79 Å². The Balaban J connectivity index is 1.22. The number of carbonyl (C=O) groups is 1. The number of carbonyl (C=O) groups excluding carboxylic acids is 1. The number of fused-ring (bicyclic) bond motifs is 1. The van der Waals surface area contributed by atoms with Crippen LogP contribution in [0.4, 0.5) is 11.5 Å². The van der Waals surface area contributed by atoms with Crippen molar-refractivity contribution in [3.8, 4) is 17.3 Å². The van der Waals surface area contributed by atoms with Crippen LogP contribution >= 0.6 is 0 Å². The fraction of sp³-hybridized carbons (Fsp3) is 0.222. The van der Waals surface area contributed by atoms with E-state index in [1.165, 1.54) is 6.33 Å². The van der Waals surface area contributed by atoms with Crippen molar-refractivity contribution in [1.29, 1.82) is 0 Å². The molecule has 0 spiro atoms. The summed E-state index contributed by atoms with van der Waals surface area (Å²) in [7, 11) is 0. The molecular weight excluding hydrogens is 348 g/mol. The van der Waals surface area contributed by atoms with Gasteiger partial charge in [-0.25, -0.2) is 14.6 Å². The summed E-state index contributed by atoms with van der Waals surface area (Å²) in [6.07, 6.45) is 5.03. The van der Waals surface area contributed by atoms with E-state index in [1.54, 1.807) is 23.0 Å². The number of rotatable bonds is 4. The minimum Gasteiger partial charge on any atom is -0.454 e. The number of nitrogens with zero attached hydrogens (tertiary/aromatic N) is 5. The third kappa shape index (κ3) is 2.92. The molecule has 2 aliphatic rings. The molecule has 0 aliphatic carbocycles. The van der Waals surface area contributed by atoms with Crippen molar-refractivity contribution in [3.63, 3.8) is 0 Å². The second-order valence-corrected chi connectivity index (χ2v) is 6.34. The number of anilines is 2. The lowest BCUT2D eigenvalue weighted by Crippen LogP contribution is -2.52. The minimum absolute atomic E-state index is 0.0218. The van der Waals surface area contributed by atoms with Gasteiger partial charge >= 0.3 is 0 Å². The van der Waals surface area contributed by atoms with Crippen molar-refractivity contribution in [3.05, 3.63) is 49.1 Å². The van der Waals surface area contributed by atoms with Crippen LogP contribution < -0.4 is 19.7 Å². The van der Waals surface area contributed by atoms with E-state index in [0.29, 0.717) is 36.1 Å². The van der Waals surface area contributed by atoms with Crippen LogP contribution in [0.2, 0.25) is 0 Å². The predicted molar refractivity (Wildman–Crippen MR) is 96.1 cm³/mol. The van der Waals surface area contributed by atoms with Gasteiger partial charge in [-0.1, -0.05) is 0 Å². The summed E-state index contributed by atoms with van der Waals surface area (Å²) >= 11 is 0. The van der Waals surface area contributed by atoms with Crippen LogP contribution in [0.3, 0.4) is 0 Å². The van der Waals surface area contributed by atoms with Crippen molar-refractivity contribution in [1.82, 2.24) is 19.7 Å². The normalized spacial score (nSPS) is 15.5. The maximum Gasteiger partial charge on any atom is 0.231 e. The molecule has 0 bridgehead atoms. The average molecular weight is 364 g/mol. The second kappa shape index (κ2) is 6.27. The first-order chi connectivity index (χ1) is 13.3. The zero-order chi connectivity index (χ0) is 18.2. The monoisotopic (exact) mass is 364 g/mol. The number of hydrogen-bond acceptors (Lipinski definition) is 7. The number of aromatic nitrogens is 4. The highest BCUT2D eigenvalue weighted by Gasteiger charge is 2.34. The average Bonchev–Trinajstić information content (AvgIpc) is 3.32. The summed E-state index contributed by atoms with van der Waals surface area (Å²) in [5, 5.41) is 7.10. The van der Waals surface area contributed by atoms with E-state index in [2.05, 4.69) is 20.4 Å². The van der Waals surface area contributed by atoms with Gasteiger partial charge in [0.05, 0.1) is 5.92 Å². The summed E-state index contributed by atoms with van der Waals surface area (Å²) < 4.78 is 12.3. The van der Waals surface area contributed by atoms with Crippen LogP contribution in [-0.4, -0.2) is 45.5 Å². The van der Waals surface area contributed by atoms with Crippen molar-refractivity contribution >= 4 is 17.4 Å². The molecule has 9 heteroatoms. The Labute approximate surface area is 154 Å². The van der Waals surface area contributed by atoms with Crippen molar-refractivity contribution in [2.45, 2.75) is 0 Å². The SMILES string of the molecule is O=C(Nc1ccc2c(c1)OCO2)C1CN(c2cc(-n3cccn3)ncn2)C1. The highest BCUT2D eigenvalue weighted by molar-refractivity contribution is 5.94. The molecule has 1 amide bonds. The van der Waals surface area contributed by atoms with E-state index in [0.717, 1.165) is 5.82 Å². The van der Waals surface area contributed by atoms with E-state index >= 15 is 0 Å². The predicted octanol–water partition coefficient (Wildman–Crippen LogP) is 1.47. The first-order valence-corrected chi connectivity index (χ1v) is 8.54. The van der Waals surface area contributed by atoms with Gasteiger partial charge in [0.1, 0.15) is 12.1 Å². The van der Waals surface area contributed by atoms with Gasteiger partial charge in [-0.15, -0.1) is 0 Å². The molecular formula is C18H16N6O3. The van der Waals surface area contributed by atoms with Gasteiger partial charge in [0, 0.05) is 43.3 Å². The van der Waals surface area contributed by atoms with Gasteiger partial charge in [-0.05, 0) is 18.2 Å². The molecule has 2 aromatic heterocycles. The smallest absolute Gasteiger partial charge is 0.231 e. The summed E-state index contributed by atoms with van der Waals surface area (Å²) in [5.74, 6) is 2.70. The lowest BCUT2D eigenvalue weighted by molar-refractivity contribution is -0.120. The molecule has 1 saturated heterocycles. The van der Waals surface area contributed by atoms with Gasteiger partial charge in [-0.2, -0.15) is 5.10 Å². The lowest BCUT2D eigenvalue weighted by atomic mass is 9.99. The third-order valence-corrected chi connectivity index (χ3v) is 4.59. The fourth-order valence-electron chi connectivity index (χ4n) is 3.09. The molecule has 1 N–H and O–H groups in total. The highest BCUT2D eigenvalue weighted by atomic mass is 16.7. The zero-order valence-corrected chi connectivity index (χ0v) is 14.3. The van der Waals surface area contributed by atoms with Crippen molar-refractivity contribution < 1.29 is 14.3 Å². The van der Waals surface area contributed by atoms with Gasteiger partial charge in [0.25, 0.3) is 0 Å². The summed E-state index contributed by atoms with van der Waals surface area (Å²) in [6.45, 7) is 1.42. The van der Waals surface area contributed by atoms with Crippen LogP contribution in [0, 0.1) is 5.92 Å². The van der Waals surface area contributed by atoms with E-state index in [-0.39, 0.29) is 18.6 Å². The van der Waals surface area contributed by atoms with Crippen LogP contribution in [0.25, 0.3) is 5.82 Å². The van der Waals surface area contributed by atoms with Gasteiger partial charge in [0.15, 0.2) is 17.3 Å². The Morgan fingerprint density at radius 2 is 1.96 bits per heavy atom. The largest absolute Gasteiger partial charge is 0.454 e. The molecule has 0 atom stereocenters. The summed E-state index contributed by atoms with van der Waals surface area (Å²) in [5.41, 5.74) is 0.700.